The van der Waals surface area contributed by atoms with E-state index in [9.17, 15) is 9.59 Å². The molecule has 0 saturated carbocycles. The minimum atomic E-state index is -0.354. The molecule has 132 valence electrons. The summed E-state index contributed by atoms with van der Waals surface area (Å²) in [4.78, 5) is 33.9. The number of nitrogens with zero attached hydrogens (tertiary/aromatic N) is 3. The lowest BCUT2D eigenvalue weighted by Gasteiger charge is -2.17. The van der Waals surface area contributed by atoms with Crippen molar-refractivity contribution >= 4 is 23.4 Å². The molecule has 25 heavy (non-hydrogen) atoms. The number of nitrogens with one attached hydrogen (secondary N) is 1. The lowest BCUT2D eigenvalue weighted by atomic mass is 10.2. The number of anilines is 2. The molecule has 0 spiro atoms. The number of carbonyl (C=O) groups is 2. The zero-order valence-electron chi connectivity index (χ0n) is 14.7. The highest BCUT2D eigenvalue weighted by Crippen LogP contribution is 2.15. The maximum absolute atomic E-state index is 12.2. The lowest BCUT2D eigenvalue weighted by Crippen LogP contribution is -2.31. The Bertz CT molecular complexity index is 710. The normalized spacial score (nSPS) is 10.2. The zero-order valence-corrected chi connectivity index (χ0v) is 14.7. The highest BCUT2D eigenvalue weighted by Gasteiger charge is 2.14. The van der Waals surface area contributed by atoms with E-state index in [-0.39, 0.29) is 11.9 Å². The molecule has 1 aromatic carbocycles. The molecule has 2 rings (SSSR count). The van der Waals surface area contributed by atoms with Gasteiger partial charge in [0.15, 0.2) is 0 Å². The first-order chi connectivity index (χ1) is 12.1. The van der Waals surface area contributed by atoms with Gasteiger partial charge in [-0.15, -0.1) is 0 Å². The van der Waals surface area contributed by atoms with Crippen LogP contribution >= 0.6 is 0 Å². The third-order valence-corrected chi connectivity index (χ3v) is 3.59. The second kappa shape index (κ2) is 8.77. The number of aromatic nitrogens is 2. The van der Waals surface area contributed by atoms with E-state index in [1.807, 2.05) is 13.8 Å². The van der Waals surface area contributed by atoms with Crippen LogP contribution in [-0.4, -0.2) is 46.4 Å². The van der Waals surface area contributed by atoms with Gasteiger partial charge in [0.25, 0.3) is 5.91 Å². The molecule has 7 nitrogen and oxygen atoms in total. The number of rotatable bonds is 7. The van der Waals surface area contributed by atoms with Crippen molar-refractivity contribution < 1.29 is 14.3 Å². The van der Waals surface area contributed by atoms with Crippen LogP contribution in [0.5, 0.6) is 0 Å². The summed E-state index contributed by atoms with van der Waals surface area (Å²) in [6.45, 7) is 7.21. The van der Waals surface area contributed by atoms with Crippen molar-refractivity contribution in [3.05, 3.63) is 47.9 Å². The molecule has 7 heteroatoms. The third kappa shape index (κ3) is 4.76. The Labute approximate surface area is 147 Å². The summed E-state index contributed by atoms with van der Waals surface area (Å²) in [5, 5.41) is 3.07. The molecule has 0 aliphatic carbocycles. The summed E-state index contributed by atoms with van der Waals surface area (Å²) in [7, 11) is 0. The van der Waals surface area contributed by atoms with Gasteiger partial charge in [-0.2, -0.15) is 0 Å². The number of carbonyl (C=O) groups excluding carboxylic acids is 2. The third-order valence-electron chi connectivity index (χ3n) is 3.59. The summed E-state index contributed by atoms with van der Waals surface area (Å²) in [6, 6.07) is 6.85. The van der Waals surface area contributed by atoms with Gasteiger partial charge in [-0.1, -0.05) is 0 Å². The smallest absolute Gasteiger partial charge is 0.338 e. The van der Waals surface area contributed by atoms with Crippen molar-refractivity contribution in [3.63, 3.8) is 0 Å². The first-order valence-corrected chi connectivity index (χ1v) is 8.24. The van der Waals surface area contributed by atoms with E-state index in [4.69, 9.17) is 4.74 Å². The lowest BCUT2D eigenvalue weighted by molar-refractivity contribution is 0.0526. The van der Waals surface area contributed by atoms with E-state index in [1.54, 1.807) is 36.1 Å². The van der Waals surface area contributed by atoms with E-state index in [1.165, 1.54) is 12.4 Å². The second-order valence-electron chi connectivity index (χ2n) is 5.19. The fourth-order valence-corrected chi connectivity index (χ4v) is 2.23. The minimum Gasteiger partial charge on any atom is -0.462 e. The summed E-state index contributed by atoms with van der Waals surface area (Å²) >= 11 is 0. The van der Waals surface area contributed by atoms with Gasteiger partial charge in [0, 0.05) is 18.8 Å². The minimum absolute atomic E-state index is 0.136. The van der Waals surface area contributed by atoms with Crippen LogP contribution in [0.25, 0.3) is 0 Å². The second-order valence-corrected chi connectivity index (χ2v) is 5.19. The van der Waals surface area contributed by atoms with E-state index in [0.717, 1.165) is 5.69 Å². The van der Waals surface area contributed by atoms with Crippen LogP contribution in [0.1, 0.15) is 41.6 Å². The van der Waals surface area contributed by atoms with Gasteiger partial charge < -0.3 is 15.0 Å². The van der Waals surface area contributed by atoms with E-state index < -0.39 is 0 Å². The van der Waals surface area contributed by atoms with Crippen LogP contribution in [0.3, 0.4) is 0 Å². The van der Waals surface area contributed by atoms with Crippen LogP contribution in [-0.2, 0) is 4.74 Å². The molecule has 0 aliphatic heterocycles. The van der Waals surface area contributed by atoms with Crippen LogP contribution in [0.2, 0.25) is 0 Å². The monoisotopic (exact) mass is 342 g/mol. The molecule has 1 heterocycles. The number of benzene rings is 1. The highest BCUT2D eigenvalue weighted by molar-refractivity contribution is 5.92. The molecular formula is C18H22N4O3. The van der Waals surface area contributed by atoms with Gasteiger partial charge in [0.1, 0.15) is 11.5 Å². The largest absolute Gasteiger partial charge is 0.462 e. The van der Waals surface area contributed by atoms with Crippen molar-refractivity contribution in [1.29, 1.82) is 0 Å². The summed E-state index contributed by atoms with van der Waals surface area (Å²) < 4.78 is 4.94. The van der Waals surface area contributed by atoms with Gasteiger partial charge >= 0.3 is 5.97 Å². The van der Waals surface area contributed by atoms with Gasteiger partial charge in [-0.25, -0.2) is 14.8 Å². The zero-order chi connectivity index (χ0) is 18.2. The molecular weight excluding hydrogens is 320 g/mol. The van der Waals surface area contributed by atoms with Crippen molar-refractivity contribution in [2.45, 2.75) is 20.8 Å². The number of amides is 1. The summed E-state index contributed by atoms with van der Waals surface area (Å²) in [6.07, 6.45) is 2.96. The molecule has 1 amide bonds. The Kier molecular flexibility index (Phi) is 6.45. The van der Waals surface area contributed by atoms with E-state index in [2.05, 4.69) is 15.3 Å². The molecule has 0 aliphatic rings. The maximum Gasteiger partial charge on any atom is 0.338 e. The predicted octanol–water partition coefficient (Wildman–Crippen LogP) is 2.88. The molecule has 1 aromatic heterocycles. The highest BCUT2D eigenvalue weighted by atomic mass is 16.5. The van der Waals surface area contributed by atoms with Gasteiger partial charge in [0.05, 0.1) is 24.6 Å². The topological polar surface area (TPSA) is 84.4 Å². The molecule has 1 N–H and O–H groups in total. The van der Waals surface area contributed by atoms with E-state index in [0.29, 0.717) is 36.8 Å². The molecule has 0 radical (unpaired) electrons. The molecule has 0 unspecified atom stereocenters. The van der Waals surface area contributed by atoms with Gasteiger partial charge in [0.2, 0.25) is 0 Å². The first kappa shape index (κ1) is 18.4. The Morgan fingerprint density at radius 1 is 1.04 bits per heavy atom. The van der Waals surface area contributed by atoms with Crippen LogP contribution in [0.4, 0.5) is 11.5 Å². The standard InChI is InChI=1S/C18H22N4O3/c1-4-22(5-2)17(23)15-11-20-16(12-19-15)21-14-9-7-13(8-10-14)18(24)25-6-3/h7-12H,4-6H2,1-3H3,(H,20,21). The molecule has 2 aromatic rings. The van der Waals surface area contributed by atoms with Gasteiger partial charge in [-0.3, -0.25) is 4.79 Å². The first-order valence-electron chi connectivity index (χ1n) is 8.24. The van der Waals surface area contributed by atoms with E-state index >= 15 is 0 Å². The number of ether oxygens (including phenoxy) is 1. The Balaban J connectivity index is 2.04. The molecule has 0 atom stereocenters. The molecule has 0 bridgehead atoms. The quantitative estimate of drug-likeness (QED) is 0.779. The average Bonchev–Trinajstić information content (AvgIpc) is 2.64. The average molecular weight is 342 g/mol. The summed E-state index contributed by atoms with van der Waals surface area (Å²) in [5.74, 6) is 0.0240. The summed E-state index contributed by atoms with van der Waals surface area (Å²) in [5.41, 5.74) is 1.55. The molecule has 0 fully saturated rings. The number of hydrogen-bond acceptors (Lipinski definition) is 6. The Hall–Kier alpha value is -2.96. The predicted molar refractivity (Wildman–Crippen MR) is 95.0 cm³/mol. The van der Waals surface area contributed by atoms with Crippen molar-refractivity contribution in [2.75, 3.05) is 25.0 Å². The SMILES string of the molecule is CCOC(=O)c1ccc(Nc2cnc(C(=O)N(CC)CC)cn2)cc1. The Morgan fingerprint density at radius 2 is 1.72 bits per heavy atom. The number of esters is 1. The fourth-order valence-electron chi connectivity index (χ4n) is 2.23. The van der Waals surface area contributed by atoms with Crippen molar-refractivity contribution in [1.82, 2.24) is 14.9 Å². The van der Waals surface area contributed by atoms with Crippen LogP contribution in [0.15, 0.2) is 36.7 Å². The van der Waals surface area contributed by atoms with Gasteiger partial charge in [-0.05, 0) is 45.0 Å². The van der Waals surface area contributed by atoms with Crippen molar-refractivity contribution in [2.24, 2.45) is 0 Å². The van der Waals surface area contributed by atoms with Crippen LogP contribution < -0.4 is 5.32 Å². The molecule has 0 saturated heterocycles. The fraction of sp³-hybridized carbons (Fsp3) is 0.333. The number of hydrogen-bond donors (Lipinski definition) is 1. The van der Waals surface area contributed by atoms with Crippen molar-refractivity contribution in [3.8, 4) is 0 Å². The maximum atomic E-state index is 12.2. The van der Waals surface area contributed by atoms with Crippen LogP contribution in [0, 0.1) is 0 Å². The Morgan fingerprint density at radius 3 is 2.24 bits per heavy atom.